The fourth-order valence-corrected chi connectivity index (χ4v) is 3.94. The Hall–Kier alpha value is -3.36. The van der Waals surface area contributed by atoms with Crippen molar-refractivity contribution in [2.75, 3.05) is 5.32 Å². The van der Waals surface area contributed by atoms with Gasteiger partial charge in [-0.1, -0.05) is 35.3 Å². The maximum Gasteiger partial charge on any atom is 0.411 e. The van der Waals surface area contributed by atoms with Crippen LogP contribution in [0.3, 0.4) is 0 Å². The number of amides is 1. The first-order chi connectivity index (χ1) is 15.0. The molecule has 0 saturated heterocycles. The smallest absolute Gasteiger partial charge is 0.411 e. The number of ether oxygens (including phenoxy) is 1. The van der Waals surface area contributed by atoms with Crippen molar-refractivity contribution in [1.82, 2.24) is 0 Å². The van der Waals surface area contributed by atoms with E-state index in [1.807, 2.05) is 0 Å². The van der Waals surface area contributed by atoms with Gasteiger partial charge in [-0.15, -0.1) is 0 Å². The molecule has 1 atom stereocenters. The molecule has 0 saturated carbocycles. The summed E-state index contributed by atoms with van der Waals surface area (Å²) in [6.45, 7) is 3.41. The molecule has 32 heavy (non-hydrogen) atoms. The molecule has 0 bridgehead atoms. The Morgan fingerprint density at radius 3 is 2.34 bits per heavy atom. The molecule has 0 aliphatic carbocycles. The number of rotatable bonds is 6. The van der Waals surface area contributed by atoms with Crippen LogP contribution in [0.1, 0.15) is 19.4 Å². The number of fused-ring (bicyclic) bond motifs is 1. The van der Waals surface area contributed by atoms with Crippen LogP contribution in [0.25, 0.3) is 5.57 Å². The monoisotopic (exact) mass is 476 g/mol. The first-order valence-corrected chi connectivity index (χ1v) is 10.1. The number of hydrogen-bond acceptors (Lipinski definition) is 5. The van der Waals surface area contributed by atoms with Gasteiger partial charge in [0.25, 0.3) is 0 Å². The van der Waals surface area contributed by atoms with E-state index in [0.717, 1.165) is 12.2 Å². The van der Waals surface area contributed by atoms with Crippen LogP contribution in [0, 0.1) is 0 Å². The number of anilines is 1. The van der Waals surface area contributed by atoms with Gasteiger partial charge in [0.05, 0.1) is 16.5 Å². The molecule has 2 aromatic carbocycles. The van der Waals surface area contributed by atoms with E-state index in [-0.39, 0.29) is 37.9 Å². The van der Waals surface area contributed by atoms with Crippen molar-refractivity contribution < 1.29 is 29.3 Å². The number of benzene rings is 2. The number of carboxylic acid groups (broad SMARTS) is 2. The second-order valence-corrected chi connectivity index (χ2v) is 7.99. The Bertz CT molecular complexity index is 1250. The molecular formula is C22H18Cl2N2O6. The van der Waals surface area contributed by atoms with Crippen molar-refractivity contribution >= 4 is 52.5 Å². The first kappa shape index (κ1) is 23.3. The fourth-order valence-electron chi connectivity index (χ4n) is 3.36. The molecule has 0 radical (unpaired) electrons. The lowest BCUT2D eigenvalue weighted by Gasteiger charge is -2.25. The van der Waals surface area contributed by atoms with Gasteiger partial charge < -0.3 is 14.9 Å². The molecule has 1 heterocycles. The van der Waals surface area contributed by atoms with Gasteiger partial charge in [-0.2, -0.15) is 0 Å². The van der Waals surface area contributed by atoms with Crippen LogP contribution in [0.2, 0.25) is 10.0 Å². The van der Waals surface area contributed by atoms with Crippen LogP contribution in [0.15, 0.2) is 53.5 Å². The van der Waals surface area contributed by atoms with E-state index in [1.165, 1.54) is 36.4 Å². The number of carbonyl (C=O) groups excluding carboxylic acids is 1. The SMILES string of the molecule is CC(C)OC(=O)Nc1ccc(C2(C(=O)O)N=c3cc(Cl)cc(Cl)c3=C2C=CC(=O)O)cc1. The molecule has 1 aliphatic heterocycles. The number of nitrogens with one attached hydrogen (secondary N) is 1. The first-order valence-electron chi connectivity index (χ1n) is 9.37. The molecule has 0 fully saturated rings. The normalized spacial score (nSPS) is 17.2. The molecule has 8 nitrogen and oxygen atoms in total. The predicted molar refractivity (Wildman–Crippen MR) is 118 cm³/mol. The van der Waals surface area contributed by atoms with E-state index in [4.69, 9.17) is 33.0 Å². The Labute approximate surface area is 192 Å². The summed E-state index contributed by atoms with van der Waals surface area (Å²) in [7, 11) is 0. The highest BCUT2D eigenvalue weighted by Gasteiger charge is 2.46. The zero-order valence-corrected chi connectivity index (χ0v) is 18.4. The molecule has 3 N–H and O–H groups in total. The number of carboxylic acids is 2. The molecular weight excluding hydrogens is 459 g/mol. The topological polar surface area (TPSA) is 125 Å². The average molecular weight is 477 g/mol. The lowest BCUT2D eigenvalue weighted by atomic mass is 9.83. The quantitative estimate of drug-likeness (QED) is 0.548. The predicted octanol–water partition coefficient (Wildman–Crippen LogP) is 3.36. The van der Waals surface area contributed by atoms with Gasteiger partial charge in [-0.25, -0.2) is 14.4 Å². The summed E-state index contributed by atoms with van der Waals surface area (Å²) in [5, 5.41) is 22.8. The van der Waals surface area contributed by atoms with Crippen molar-refractivity contribution in [2.24, 2.45) is 4.99 Å². The Balaban J connectivity index is 2.17. The van der Waals surface area contributed by atoms with E-state index in [1.54, 1.807) is 13.8 Å². The summed E-state index contributed by atoms with van der Waals surface area (Å²) in [6, 6.07) is 8.81. The van der Waals surface area contributed by atoms with Gasteiger partial charge in [0.2, 0.25) is 5.54 Å². The number of nitrogens with zero attached hydrogens (tertiary/aromatic N) is 1. The van der Waals surface area contributed by atoms with Gasteiger partial charge >= 0.3 is 18.0 Å². The van der Waals surface area contributed by atoms with Crippen LogP contribution < -0.4 is 15.9 Å². The second-order valence-electron chi connectivity index (χ2n) is 7.15. The van der Waals surface area contributed by atoms with Gasteiger partial charge in [-0.3, -0.25) is 10.3 Å². The van der Waals surface area contributed by atoms with E-state index in [9.17, 15) is 19.5 Å². The molecule has 2 aromatic rings. The minimum Gasteiger partial charge on any atom is -0.479 e. The third-order valence-electron chi connectivity index (χ3n) is 4.58. The van der Waals surface area contributed by atoms with Gasteiger partial charge in [0.15, 0.2) is 0 Å². The van der Waals surface area contributed by atoms with Gasteiger partial charge in [0, 0.05) is 27.6 Å². The summed E-state index contributed by atoms with van der Waals surface area (Å²) < 4.78 is 5.02. The summed E-state index contributed by atoms with van der Waals surface area (Å²) in [6.07, 6.45) is 1.02. The minimum atomic E-state index is -1.97. The lowest BCUT2D eigenvalue weighted by Crippen LogP contribution is -2.34. The maximum absolute atomic E-state index is 12.6. The van der Waals surface area contributed by atoms with Crippen LogP contribution in [0.5, 0.6) is 0 Å². The number of halogens is 2. The van der Waals surface area contributed by atoms with Crippen molar-refractivity contribution in [3.8, 4) is 0 Å². The Kier molecular flexibility index (Phi) is 6.57. The second kappa shape index (κ2) is 9.02. The fraction of sp³-hybridized carbons (Fsp3) is 0.182. The van der Waals surface area contributed by atoms with Crippen LogP contribution in [-0.4, -0.2) is 34.3 Å². The zero-order chi connectivity index (χ0) is 23.6. The van der Waals surface area contributed by atoms with E-state index >= 15 is 0 Å². The molecule has 1 aliphatic rings. The third kappa shape index (κ3) is 4.46. The minimum absolute atomic E-state index is 0.0731. The highest BCUT2D eigenvalue weighted by molar-refractivity contribution is 6.34. The molecule has 1 amide bonds. The van der Waals surface area contributed by atoms with E-state index in [0.29, 0.717) is 5.69 Å². The Morgan fingerprint density at radius 1 is 1.12 bits per heavy atom. The summed E-state index contributed by atoms with van der Waals surface area (Å²) in [5.41, 5.74) is -1.30. The van der Waals surface area contributed by atoms with Gasteiger partial charge in [-0.05, 0) is 49.8 Å². The highest BCUT2D eigenvalue weighted by Crippen LogP contribution is 2.38. The average Bonchev–Trinajstić information content (AvgIpc) is 3.01. The Morgan fingerprint density at radius 2 is 1.78 bits per heavy atom. The molecule has 3 rings (SSSR count). The van der Waals surface area contributed by atoms with Crippen LogP contribution in [-0.2, 0) is 19.9 Å². The van der Waals surface area contributed by atoms with Crippen LogP contribution >= 0.6 is 23.2 Å². The van der Waals surface area contributed by atoms with Crippen molar-refractivity contribution in [3.05, 3.63) is 74.7 Å². The number of hydrogen-bond donors (Lipinski definition) is 3. The molecule has 10 heteroatoms. The van der Waals surface area contributed by atoms with E-state index < -0.39 is 23.6 Å². The van der Waals surface area contributed by atoms with E-state index in [2.05, 4.69) is 10.3 Å². The number of carbonyl (C=O) groups is 3. The third-order valence-corrected chi connectivity index (χ3v) is 5.09. The molecule has 166 valence electrons. The maximum atomic E-state index is 12.6. The van der Waals surface area contributed by atoms with Crippen LogP contribution in [0.4, 0.5) is 10.5 Å². The zero-order valence-electron chi connectivity index (χ0n) is 16.9. The standard InChI is InChI=1S/C22H18Cl2N2O6/c1-11(2)32-21(31)25-14-5-3-12(4-6-14)22(20(29)30)15(7-8-18(27)28)19-16(24)9-13(23)10-17(19)26-22/h3-11H,1-2H3,(H,25,31)(H,27,28)(H,29,30). The van der Waals surface area contributed by atoms with Crippen molar-refractivity contribution in [2.45, 2.75) is 25.5 Å². The molecule has 0 spiro atoms. The highest BCUT2D eigenvalue weighted by atomic mass is 35.5. The summed E-state index contributed by atoms with van der Waals surface area (Å²) in [5.74, 6) is -2.61. The summed E-state index contributed by atoms with van der Waals surface area (Å²) >= 11 is 12.4. The lowest BCUT2D eigenvalue weighted by molar-refractivity contribution is -0.141. The largest absolute Gasteiger partial charge is 0.479 e. The van der Waals surface area contributed by atoms with Gasteiger partial charge in [0.1, 0.15) is 0 Å². The molecule has 0 aromatic heterocycles. The van der Waals surface area contributed by atoms with Crippen molar-refractivity contribution in [1.29, 1.82) is 0 Å². The summed E-state index contributed by atoms with van der Waals surface area (Å²) in [4.78, 5) is 39.9. The number of aliphatic carboxylic acids is 2. The van der Waals surface area contributed by atoms with Crippen molar-refractivity contribution in [3.63, 3.8) is 0 Å². The molecule has 1 unspecified atom stereocenters.